The summed E-state index contributed by atoms with van der Waals surface area (Å²) in [4.78, 5) is 23.3. The number of rotatable bonds is 4. The van der Waals surface area contributed by atoms with Crippen LogP contribution in [0.25, 0.3) is 0 Å². The minimum absolute atomic E-state index is 0.0490. The molecule has 0 radical (unpaired) electrons. The molecule has 1 atom stereocenters. The van der Waals surface area contributed by atoms with Crippen molar-refractivity contribution in [3.63, 3.8) is 0 Å². The van der Waals surface area contributed by atoms with Gasteiger partial charge in [-0.25, -0.2) is 9.18 Å². The van der Waals surface area contributed by atoms with Crippen molar-refractivity contribution in [2.75, 3.05) is 12.4 Å². The maximum atomic E-state index is 13.2. The van der Waals surface area contributed by atoms with Crippen molar-refractivity contribution >= 4 is 17.6 Å². The zero-order chi connectivity index (χ0) is 14.6. The fraction of sp³-hybridized carbons (Fsp3) is 0.385. The highest BCUT2D eigenvalue weighted by Gasteiger charge is 2.20. The largest absolute Gasteiger partial charge is 0.465 e. The summed E-state index contributed by atoms with van der Waals surface area (Å²) in [5.41, 5.74) is 5.81. The van der Waals surface area contributed by atoms with Gasteiger partial charge in [-0.05, 0) is 24.1 Å². The van der Waals surface area contributed by atoms with E-state index < -0.39 is 23.7 Å². The van der Waals surface area contributed by atoms with Crippen LogP contribution in [0.5, 0.6) is 0 Å². The standard InChI is InChI=1S/C13H17FN2O3/c1-7(2)11(15)12(17)16-10-6-8(14)4-5-9(10)13(18)19-3/h4-7,11H,15H2,1-3H3,(H,16,17). The van der Waals surface area contributed by atoms with Gasteiger partial charge in [-0.1, -0.05) is 13.8 Å². The quantitative estimate of drug-likeness (QED) is 0.811. The molecule has 5 nitrogen and oxygen atoms in total. The van der Waals surface area contributed by atoms with Crippen LogP contribution in [0, 0.1) is 11.7 Å². The van der Waals surface area contributed by atoms with Crippen molar-refractivity contribution < 1.29 is 18.7 Å². The van der Waals surface area contributed by atoms with Crippen LogP contribution in [0.1, 0.15) is 24.2 Å². The second-order valence-electron chi connectivity index (χ2n) is 4.44. The molecule has 0 aliphatic heterocycles. The third kappa shape index (κ3) is 3.75. The van der Waals surface area contributed by atoms with E-state index in [0.717, 1.165) is 12.1 Å². The first-order valence-corrected chi connectivity index (χ1v) is 5.81. The number of nitrogens with two attached hydrogens (primary N) is 1. The van der Waals surface area contributed by atoms with Crippen LogP contribution < -0.4 is 11.1 Å². The number of anilines is 1. The number of nitrogens with one attached hydrogen (secondary N) is 1. The molecular formula is C13H17FN2O3. The van der Waals surface area contributed by atoms with E-state index in [-0.39, 0.29) is 17.2 Å². The van der Waals surface area contributed by atoms with E-state index >= 15 is 0 Å². The van der Waals surface area contributed by atoms with Crippen molar-refractivity contribution in [3.8, 4) is 0 Å². The Morgan fingerprint density at radius 3 is 2.53 bits per heavy atom. The molecule has 6 heteroatoms. The molecule has 1 unspecified atom stereocenters. The second-order valence-corrected chi connectivity index (χ2v) is 4.44. The number of esters is 1. The first-order chi connectivity index (χ1) is 8.86. The van der Waals surface area contributed by atoms with Crippen LogP contribution in [0.3, 0.4) is 0 Å². The molecule has 0 bridgehead atoms. The van der Waals surface area contributed by atoms with E-state index in [1.165, 1.54) is 13.2 Å². The number of hydrogen-bond donors (Lipinski definition) is 2. The van der Waals surface area contributed by atoms with Crippen molar-refractivity contribution in [2.45, 2.75) is 19.9 Å². The average molecular weight is 268 g/mol. The second kappa shape index (κ2) is 6.29. The van der Waals surface area contributed by atoms with Gasteiger partial charge in [-0.15, -0.1) is 0 Å². The van der Waals surface area contributed by atoms with E-state index in [9.17, 15) is 14.0 Å². The Hall–Kier alpha value is -1.95. The Balaban J connectivity index is 3.02. The lowest BCUT2D eigenvalue weighted by Gasteiger charge is -2.16. The van der Waals surface area contributed by atoms with Crippen LogP contribution in [0.4, 0.5) is 10.1 Å². The van der Waals surface area contributed by atoms with Gasteiger partial charge in [0.2, 0.25) is 5.91 Å². The van der Waals surface area contributed by atoms with Gasteiger partial charge in [0.05, 0.1) is 24.4 Å². The molecular weight excluding hydrogens is 251 g/mol. The summed E-state index contributed by atoms with van der Waals surface area (Å²) in [6, 6.07) is 2.67. The fourth-order valence-electron chi connectivity index (χ4n) is 1.43. The van der Waals surface area contributed by atoms with Gasteiger partial charge < -0.3 is 15.8 Å². The minimum Gasteiger partial charge on any atom is -0.465 e. The predicted octanol–water partition coefficient (Wildman–Crippen LogP) is 1.53. The summed E-state index contributed by atoms with van der Waals surface area (Å²) in [7, 11) is 1.21. The molecule has 0 spiro atoms. The minimum atomic E-state index is -0.742. The molecule has 19 heavy (non-hydrogen) atoms. The van der Waals surface area contributed by atoms with Crippen molar-refractivity contribution in [1.29, 1.82) is 0 Å². The van der Waals surface area contributed by atoms with E-state index in [2.05, 4.69) is 10.1 Å². The number of carbonyl (C=O) groups is 2. The normalized spacial score (nSPS) is 12.1. The highest BCUT2D eigenvalue weighted by atomic mass is 19.1. The summed E-state index contributed by atoms with van der Waals surface area (Å²) in [5, 5.41) is 2.44. The summed E-state index contributed by atoms with van der Waals surface area (Å²) >= 11 is 0. The summed E-state index contributed by atoms with van der Waals surface area (Å²) < 4.78 is 17.8. The fourth-order valence-corrected chi connectivity index (χ4v) is 1.43. The Labute approximate surface area is 110 Å². The molecule has 0 fully saturated rings. The first-order valence-electron chi connectivity index (χ1n) is 5.81. The Morgan fingerprint density at radius 1 is 1.37 bits per heavy atom. The molecule has 0 saturated heterocycles. The van der Waals surface area contributed by atoms with Gasteiger partial charge in [0, 0.05) is 0 Å². The van der Waals surface area contributed by atoms with Crippen LogP contribution in [-0.4, -0.2) is 25.0 Å². The maximum absolute atomic E-state index is 13.2. The number of amides is 1. The van der Waals surface area contributed by atoms with Gasteiger partial charge in [0.15, 0.2) is 0 Å². The van der Waals surface area contributed by atoms with Gasteiger partial charge in [0.25, 0.3) is 0 Å². The Kier molecular flexibility index (Phi) is 5.00. The molecule has 1 rings (SSSR count). The lowest BCUT2D eigenvalue weighted by molar-refractivity contribution is -0.118. The zero-order valence-corrected chi connectivity index (χ0v) is 11.1. The number of ether oxygens (including phenoxy) is 1. The summed E-state index contributed by atoms with van der Waals surface area (Å²) in [5.74, 6) is -1.78. The molecule has 1 amide bonds. The molecule has 0 aromatic heterocycles. The van der Waals surface area contributed by atoms with Crippen molar-refractivity contribution in [2.24, 2.45) is 11.7 Å². The summed E-state index contributed by atoms with van der Waals surface area (Å²) in [6.45, 7) is 3.58. The third-order valence-corrected chi connectivity index (χ3v) is 2.67. The monoisotopic (exact) mass is 268 g/mol. The maximum Gasteiger partial charge on any atom is 0.339 e. The molecule has 0 saturated carbocycles. The molecule has 1 aromatic rings. The number of carbonyl (C=O) groups excluding carboxylic acids is 2. The van der Waals surface area contributed by atoms with E-state index in [0.29, 0.717) is 0 Å². The van der Waals surface area contributed by atoms with Crippen LogP contribution in [-0.2, 0) is 9.53 Å². The first kappa shape index (κ1) is 15.1. The molecule has 0 aliphatic carbocycles. The number of halogens is 1. The smallest absolute Gasteiger partial charge is 0.339 e. The van der Waals surface area contributed by atoms with E-state index in [1.807, 2.05) is 0 Å². The van der Waals surface area contributed by atoms with Crippen molar-refractivity contribution in [1.82, 2.24) is 0 Å². The third-order valence-electron chi connectivity index (χ3n) is 2.67. The Bertz CT molecular complexity index is 489. The molecule has 104 valence electrons. The highest BCUT2D eigenvalue weighted by molar-refractivity contribution is 6.02. The van der Waals surface area contributed by atoms with Crippen LogP contribution in [0.15, 0.2) is 18.2 Å². The van der Waals surface area contributed by atoms with Crippen molar-refractivity contribution in [3.05, 3.63) is 29.6 Å². The molecule has 0 aliphatic rings. The van der Waals surface area contributed by atoms with Gasteiger partial charge in [-0.3, -0.25) is 4.79 Å². The molecule has 0 heterocycles. The van der Waals surface area contributed by atoms with Crippen LogP contribution in [0.2, 0.25) is 0 Å². The summed E-state index contributed by atoms with van der Waals surface area (Å²) in [6.07, 6.45) is 0. The van der Waals surface area contributed by atoms with Crippen LogP contribution >= 0.6 is 0 Å². The van der Waals surface area contributed by atoms with Gasteiger partial charge >= 0.3 is 5.97 Å². The molecule has 1 aromatic carbocycles. The average Bonchev–Trinajstić information content (AvgIpc) is 2.36. The van der Waals surface area contributed by atoms with Gasteiger partial charge in [-0.2, -0.15) is 0 Å². The lowest BCUT2D eigenvalue weighted by atomic mass is 10.0. The molecule has 3 N–H and O–H groups in total. The lowest BCUT2D eigenvalue weighted by Crippen LogP contribution is -2.40. The zero-order valence-electron chi connectivity index (χ0n) is 11.1. The Morgan fingerprint density at radius 2 is 2.00 bits per heavy atom. The number of methoxy groups -OCH3 is 1. The van der Waals surface area contributed by atoms with E-state index in [1.54, 1.807) is 13.8 Å². The van der Waals surface area contributed by atoms with Gasteiger partial charge in [0.1, 0.15) is 5.82 Å². The topological polar surface area (TPSA) is 81.4 Å². The van der Waals surface area contributed by atoms with E-state index in [4.69, 9.17) is 5.73 Å². The SMILES string of the molecule is COC(=O)c1ccc(F)cc1NC(=O)C(N)C(C)C. The number of hydrogen-bond acceptors (Lipinski definition) is 4. The highest BCUT2D eigenvalue weighted by Crippen LogP contribution is 2.19. The number of benzene rings is 1. The predicted molar refractivity (Wildman–Crippen MR) is 69.2 cm³/mol.